The number of anilines is 1. The van der Waals surface area contributed by atoms with E-state index >= 15 is 0 Å². The fraction of sp³-hybridized carbons (Fsp3) is 0.160. The van der Waals surface area contributed by atoms with Crippen molar-refractivity contribution in [3.8, 4) is 11.5 Å². The number of nitrogens with zero attached hydrogens (tertiary/aromatic N) is 1. The second-order valence-corrected chi connectivity index (χ2v) is 8.57. The average Bonchev–Trinajstić information content (AvgIpc) is 2.80. The molecule has 3 rings (SSSR count). The smallest absolute Gasteiger partial charge is 0.249 e. The van der Waals surface area contributed by atoms with Gasteiger partial charge in [0.15, 0.2) is 11.5 Å². The number of hydrazone groups is 1. The van der Waals surface area contributed by atoms with E-state index in [-0.39, 0.29) is 6.42 Å². The molecule has 0 aromatic heterocycles. The Labute approximate surface area is 211 Å². The van der Waals surface area contributed by atoms with Crippen LogP contribution < -0.4 is 20.2 Å². The van der Waals surface area contributed by atoms with Crippen LogP contribution in [0.5, 0.6) is 11.5 Å². The first-order chi connectivity index (χ1) is 16.4. The van der Waals surface area contributed by atoms with Crippen molar-refractivity contribution in [2.75, 3.05) is 12.4 Å². The predicted molar refractivity (Wildman–Crippen MR) is 137 cm³/mol. The molecule has 0 spiro atoms. The Kier molecular flexibility index (Phi) is 9.07. The number of rotatable bonds is 9. The number of nitrogens with one attached hydrogen (secondary N) is 2. The zero-order chi connectivity index (χ0) is 24.5. The summed E-state index contributed by atoms with van der Waals surface area (Å²) in [7, 11) is 1.53. The Morgan fingerprint density at radius 2 is 1.82 bits per heavy atom. The van der Waals surface area contributed by atoms with Gasteiger partial charge in [0, 0.05) is 10.7 Å². The number of methoxy groups -OCH3 is 1. The molecule has 0 saturated heterocycles. The average molecular weight is 545 g/mol. The normalized spacial score (nSPS) is 10.7. The van der Waals surface area contributed by atoms with Crippen LogP contribution in [0.3, 0.4) is 0 Å². The van der Waals surface area contributed by atoms with E-state index < -0.39 is 11.8 Å². The highest BCUT2D eigenvalue weighted by molar-refractivity contribution is 9.10. The van der Waals surface area contributed by atoms with Gasteiger partial charge in [0.1, 0.15) is 13.0 Å². The van der Waals surface area contributed by atoms with Crippen molar-refractivity contribution in [2.24, 2.45) is 5.10 Å². The molecule has 0 atom stereocenters. The Bertz CT molecular complexity index is 1200. The van der Waals surface area contributed by atoms with Gasteiger partial charge < -0.3 is 14.8 Å². The minimum Gasteiger partial charge on any atom is -0.493 e. The van der Waals surface area contributed by atoms with Crippen LogP contribution in [0.2, 0.25) is 5.02 Å². The van der Waals surface area contributed by atoms with Crippen molar-refractivity contribution in [3.05, 3.63) is 86.8 Å². The zero-order valence-electron chi connectivity index (χ0n) is 18.6. The van der Waals surface area contributed by atoms with Gasteiger partial charge in [0.25, 0.3) is 0 Å². The van der Waals surface area contributed by atoms with Crippen LogP contribution in [0.4, 0.5) is 5.69 Å². The first-order valence-corrected chi connectivity index (χ1v) is 11.4. The number of hydrogen-bond donors (Lipinski definition) is 2. The van der Waals surface area contributed by atoms with Crippen LogP contribution in [-0.2, 0) is 16.2 Å². The Morgan fingerprint density at radius 3 is 2.53 bits per heavy atom. The lowest BCUT2D eigenvalue weighted by molar-refractivity contribution is -0.126. The third-order valence-corrected chi connectivity index (χ3v) is 5.53. The summed E-state index contributed by atoms with van der Waals surface area (Å²) in [4.78, 5) is 24.1. The molecule has 0 fully saturated rings. The van der Waals surface area contributed by atoms with Gasteiger partial charge in [-0.25, -0.2) is 5.43 Å². The van der Waals surface area contributed by atoms with Gasteiger partial charge in [0.2, 0.25) is 11.8 Å². The number of carbonyl (C=O) groups is 2. The van der Waals surface area contributed by atoms with E-state index in [2.05, 4.69) is 31.8 Å². The second kappa shape index (κ2) is 12.2. The molecule has 2 amide bonds. The number of halogens is 2. The second-order valence-electron chi connectivity index (χ2n) is 7.28. The minimum atomic E-state index is -0.531. The fourth-order valence-corrected chi connectivity index (χ4v) is 3.66. The van der Waals surface area contributed by atoms with Crippen molar-refractivity contribution < 1.29 is 19.1 Å². The van der Waals surface area contributed by atoms with E-state index in [9.17, 15) is 9.59 Å². The van der Waals surface area contributed by atoms with E-state index in [4.69, 9.17) is 21.1 Å². The van der Waals surface area contributed by atoms with Crippen molar-refractivity contribution in [2.45, 2.75) is 20.0 Å². The Hall–Kier alpha value is -3.36. The maximum atomic E-state index is 12.1. The first kappa shape index (κ1) is 25.3. The van der Waals surface area contributed by atoms with Gasteiger partial charge in [-0.2, -0.15) is 5.10 Å². The molecule has 0 aliphatic carbocycles. The molecular formula is C25H23BrClN3O4. The maximum absolute atomic E-state index is 12.1. The van der Waals surface area contributed by atoms with Crippen LogP contribution in [0.1, 0.15) is 23.1 Å². The number of para-hydroxylation sites is 1. The number of ether oxygens (including phenoxy) is 2. The Morgan fingerprint density at radius 1 is 1.09 bits per heavy atom. The van der Waals surface area contributed by atoms with Crippen molar-refractivity contribution in [1.82, 2.24) is 5.43 Å². The molecular weight excluding hydrogens is 522 g/mol. The monoisotopic (exact) mass is 543 g/mol. The van der Waals surface area contributed by atoms with Crippen LogP contribution >= 0.6 is 27.5 Å². The molecule has 0 aliphatic rings. The van der Waals surface area contributed by atoms with E-state index in [0.29, 0.717) is 38.9 Å². The molecule has 7 nitrogen and oxygen atoms in total. The fourth-order valence-electron chi connectivity index (χ4n) is 2.96. The van der Waals surface area contributed by atoms with Gasteiger partial charge in [-0.1, -0.05) is 41.9 Å². The van der Waals surface area contributed by atoms with Gasteiger partial charge in [0.05, 0.1) is 17.8 Å². The lowest BCUT2D eigenvalue weighted by Gasteiger charge is -2.13. The van der Waals surface area contributed by atoms with Gasteiger partial charge in [-0.15, -0.1) is 0 Å². The van der Waals surface area contributed by atoms with E-state index in [0.717, 1.165) is 11.1 Å². The number of carbonyl (C=O) groups excluding carboxylic acids is 2. The number of hydrogen-bond acceptors (Lipinski definition) is 5. The molecule has 3 aromatic carbocycles. The minimum absolute atomic E-state index is 0.334. The van der Waals surface area contributed by atoms with Crippen molar-refractivity contribution in [1.29, 1.82) is 0 Å². The highest BCUT2D eigenvalue weighted by atomic mass is 79.9. The highest BCUT2D eigenvalue weighted by Gasteiger charge is 2.13. The number of amides is 2. The third kappa shape index (κ3) is 7.33. The summed E-state index contributed by atoms with van der Waals surface area (Å²) in [5, 5.41) is 7.30. The number of benzene rings is 3. The molecule has 0 bridgehead atoms. The molecule has 0 heterocycles. The summed E-state index contributed by atoms with van der Waals surface area (Å²) >= 11 is 9.40. The summed E-state index contributed by atoms with van der Waals surface area (Å²) in [6, 6.07) is 18.2. The van der Waals surface area contributed by atoms with Crippen LogP contribution in [0, 0.1) is 6.92 Å². The zero-order valence-corrected chi connectivity index (χ0v) is 20.9. The molecule has 0 radical (unpaired) electrons. The molecule has 0 aliphatic heterocycles. The predicted octanol–water partition coefficient (Wildman–Crippen LogP) is 5.48. The topological polar surface area (TPSA) is 89.0 Å². The van der Waals surface area contributed by atoms with Gasteiger partial charge in [-0.3, -0.25) is 9.59 Å². The molecule has 34 heavy (non-hydrogen) atoms. The molecule has 0 saturated carbocycles. The van der Waals surface area contributed by atoms with Crippen LogP contribution in [-0.4, -0.2) is 25.1 Å². The molecule has 0 unspecified atom stereocenters. The quantitative estimate of drug-likeness (QED) is 0.212. The summed E-state index contributed by atoms with van der Waals surface area (Å²) < 4.78 is 12.0. The summed E-state index contributed by atoms with van der Waals surface area (Å²) in [5.74, 6) is 0.0742. The Balaban J connectivity index is 1.57. The van der Waals surface area contributed by atoms with Crippen LogP contribution in [0.15, 0.2) is 70.2 Å². The van der Waals surface area contributed by atoms with E-state index in [1.54, 1.807) is 30.3 Å². The standard InChI is InChI=1S/C25H23BrClN3O4/c1-16-5-3-4-6-21(16)29-23(31)13-24(32)30-28-14-18-11-20(26)25(22(12-18)33-2)34-15-17-7-9-19(27)10-8-17/h3-12,14H,13,15H2,1-2H3,(H,29,31)(H,30,32). The SMILES string of the molecule is COc1cc(C=NNC(=O)CC(=O)Nc2ccccc2C)cc(Br)c1OCc1ccc(Cl)cc1. The molecule has 3 aromatic rings. The van der Waals surface area contributed by atoms with E-state index in [1.807, 2.05) is 37.3 Å². The number of aryl methyl sites for hydroxylation is 1. The lowest BCUT2D eigenvalue weighted by atomic mass is 10.2. The summed E-state index contributed by atoms with van der Waals surface area (Å²) in [6.07, 6.45) is 1.10. The van der Waals surface area contributed by atoms with Crippen molar-refractivity contribution >= 4 is 51.2 Å². The van der Waals surface area contributed by atoms with Gasteiger partial charge in [-0.05, 0) is 69.9 Å². The lowest BCUT2D eigenvalue weighted by Crippen LogP contribution is -2.24. The van der Waals surface area contributed by atoms with Crippen LogP contribution in [0.25, 0.3) is 0 Å². The summed E-state index contributed by atoms with van der Waals surface area (Å²) in [5.41, 5.74) is 5.55. The largest absolute Gasteiger partial charge is 0.493 e. The van der Waals surface area contributed by atoms with Crippen molar-refractivity contribution in [3.63, 3.8) is 0 Å². The van der Waals surface area contributed by atoms with E-state index in [1.165, 1.54) is 13.3 Å². The third-order valence-electron chi connectivity index (χ3n) is 4.69. The molecule has 9 heteroatoms. The first-order valence-electron chi connectivity index (χ1n) is 10.3. The molecule has 2 N–H and O–H groups in total. The summed E-state index contributed by atoms with van der Waals surface area (Å²) in [6.45, 7) is 2.21. The highest BCUT2D eigenvalue weighted by Crippen LogP contribution is 2.37. The molecule has 176 valence electrons. The van der Waals surface area contributed by atoms with Gasteiger partial charge >= 0.3 is 0 Å². The maximum Gasteiger partial charge on any atom is 0.249 e.